The number of hydrogen-bond acceptors (Lipinski definition) is 3. The number of piperidine rings is 1. The van der Waals surface area contributed by atoms with E-state index in [0.717, 1.165) is 25.9 Å². The summed E-state index contributed by atoms with van der Waals surface area (Å²) < 4.78 is 0. The Balaban J connectivity index is 1.88. The van der Waals surface area contributed by atoms with E-state index in [1.54, 1.807) is 0 Å². The molecule has 0 bridgehead atoms. The van der Waals surface area contributed by atoms with Gasteiger partial charge in [0, 0.05) is 19.6 Å². The predicted molar refractivity (Wildman–Crippen MR) is 66.7 cm³/mol. The fourth-order valence-electron chi connectivity index (χ4n) is 3.15. The molecule has 4 heteroatoms. The van der Waals surface area contributed by atoms with E-state index in [1.807, 2.05) is 11.8 Å². The summed E-state index contributed by atoms with van der Waals surface area (Å²) in [5, 5.41) is 9.58. The Hall–Kier alpha value is -0.610. The van der Waals surface area contributed by atoms with Crippen LogP contribution >= 0.6 is 0 Å². The zero-order valence-electron chi connectivity index (χ0n) is 11.0. The molecule has 2 aliphatic rings. The quantitative estimate of drug-likeness (QED) is 0.773. The maximum Gasteiger partial charge on any atom is 0.251 e. The maximum absolute atomic E-state index is 11.9. The van der Waals surface area contributed by atoms with Gasteiger partial charge in [0.15, 0.2) is 0 Å². The lowest BCUT2D eigenvalue weighted by Crippen LogP contribution is -2.47. The molecule has 2 aliphatic heterocycles. The largest absolute Gasteiger partial charge is 0.383 e. The highest BCUT2D eigenvalue weighted by Crippen LogP contribution is 2.39. The highest BCUT2D eigenvalue weighted by molar-refractivity contribution is 5.80. The van der Waals surface area contributed by atoms with Crippen LogP contribution in [0.2, 0.25) is 0 Å². The average Bonchev–Trinajstić information content (AvgIpc) is 2.70. The summed E-state index contributed by atoms with van der Waals surface area (Å²) in [6.45, 7) is 5.85. The topological polar surface area (TPSA) is 43.8 Å². The van der Waals surface area contributed by atoms with Gasteiger partial charge in [0.2, 0.25) is 0 Å². The standard InChI is InChI=1S/C13H24N2O2/c1-3-11(16)12(17)15-8-5-13(6-9-15)4-7-14(2)10-13/h11,16H,3-10H2,1-2H3. The van der Waals surface area contributed by atoms with Crippen molar-refractivity contribution in [1.82, 2.24) is 9.80 Å². The van der Waals surface area contributed by atoms with Crippen LogP contribution in [-0.2, 0) is 4.79 Å². The molecule has 0 aromatic rings. The van der Waals surface area contributed by atoms with Gasteiger partial charge in [-0.15, -0.1) is 0 Å². The van der Waals surface area contributed by atoms with Crippen LogP contribution in [0.4, 0.5) is 0 Å². The van der Waals surface area contributed by atoms with Gasteiger partial charge >= 0.3 is 0 Å². The third-order valence-electron chi connectivity index (χ3n) is 4.44. The molecule has 0 aromatic heterocycles. The molecule has 1 spiro atoms. The number of rotatable bonds is 2. The summed E-state index contributed by atoms with van der Waals surface area (Å²) in [5.41, 5.74) is 0.447. The smallest absolute Gasteiger partial charge is 0.251 e. The highest BCUT2D eigenvalue weighted by Gasteiger charge is 2.40. The summed E-state index contributed by atoms with van der Waals surface area (Å²) in [6.07, 6.45) is 3.18. The summed E-state index contributed by atoms with van der Waals surface area (Å²) in [7, 11) is 2.17. The third kappa shape index (κ3) is 2.63. The van der Waals surface area contributed by atoms with Crippen LogP contribution in [0.3, 0.4) is 0 Å². The fraction of sp³-hybridized carbons (Fsp3) is 0.923. The Bertz CT molecular complexity index is 285. The number of likely N-dealkylation sites (tertiary alicyclic amines) is 2. The van der Waals surface area contributed by atoms with E-state index in [4.69, 9.17) is 0 Å². The molecule has 1 amide bonds. The van der Waals surface area contributed by atoms with Crippen molar-refractivity contribution in [1.29, 1.82) is 0 Å². The van der Waals surface area contributed by atoms with Crippen LogP contribution in [0.1, 0.15) is 32.6 Å². The Morgan fingerprint density at radius 3 is 2.35 bits per heavy atom. The summed E-state index contributed by atoms with van der Waals surface area (Å²) in [4.78, 5) is 16.1. The Morgan fingerprint density at radius 1 is 1.29 bits per heavy atom. The van der Waals surface area contributed by atoms with E-state index >= 15 is 0 Å². The molecule has 2 saturated heterocycles. The lowest BCUT2D eigenvalue weighted by atomic mass is 9.77. The summed E-state index contributed by atoms with van der Waals surface area (Å²) in [6, 6.07) is 0. The number of carbonyl (C=O) groups is 1. The van der Waals surface area contributed by atoms with Gasteiger partial charge in [-0.25, -0.2) is 0 Å². The fourth-order valence-corrected chi connectivity index (χ4v) is 3.15. The summed E-state index contributed by atoms with van der Waals surface area (Å²) >= 11 is 0. The monoisotopic (exact) mass is 240 g/mol. The molecular weight excluding hydrogens is 216 g/mol. The second-order valence-corrected chi connectivity index (χ2v) is 5.74. The molecule has 4 nitrogen and oxygen atoms in total. The van der Waals surface area contributed by atoms with E-state index in [-0.39, 0.29) is 5.91 Å². The lowest BCUT2D eigenvalue weighted by Gasteiger charge is -2.39. The number of hydrogen-bond donors (Lipinski definition) is 1. The summed E-state index contributed by atoms with van der Waals surface area (Å²) in [5.74, 6) is -0.0753. The van der Waals surface area contributed by atoms with Gasteiger partial charge in [-0.05, 0) is 44.7 Å². The van der Waals surface area contributed by atoms with Crippen molar-refractivity contribution < 1.29 is 9.90 Å². The minimum absolute atomic E-state index is 0.0753. The van der Waals surface area contributed by atoms with Crippen LogP contribution in [0.5, 0.6) is 0 Å². The van der Waals surface area contributed by atoms with Gasteiger partial charge in [-0.3, -0.25) is 4.79 Å². The first-order chi connectivity index (χ1) is 8.06. The van der Waals surface area contributed by atoms with Crippen LogP contribution < -0.4 is 0 Å². The van der Waals surface area contributed by atoms with Crippen molar-refractivity contribution in [3.05, 3.63) is 0 Å². The Morgan fingerprint density at radius 2 is 1.88 bits per heavy atom. The Labute approximate surface area is 104 Å². The minimum atomic E-state index is -0.796. The van der Waals surface area contributed by atoms with Gasteiger partial charge in [0.25, 0.3) is 5.91 Å². The number of amides is 1. The SMILES string of the molecule is CCC(O)C(=O)N1CCC2(CCN(C)C2)CC1. The molecule has 2 heterocycles. The molecule has 2 fully saturated rings. The normalized spacial score (nSPS) is 26.4. The Kier molecular flexibility index (Phi) is 3.73. The molecule has 1 atom stereocenters. The molecule has 98 valence electrons. The minimum Gasteiger partial charge on any atom is -0.383 e. The van der Waals surface area contributed by atoms with Crippen LogP contribution in [0.25, 0.3) is 0 Å². The van der Waals surface area contributed by atoms with E-state index in [9.17, 15) is 9.90 Å². The number of nitrogens with zero attached hydrogens (tertiary/aromatic N) is 2. The first kappa shape index (κ1) is 12.8. The molecule has 1 N–H and O–H groups in total. The molecule has 0 radical (unpaired) electrons. The van der Waals surface area contributed by atoms with Gasteiger partial charge < -0.3 is 14.9 Å². The molecular formula is C13H24N2O2. The van der Waals surface area contributed by atoms with Gasteiger partial charge in [-0.2, -0.15) is 0 Å². The molecule has 0 aromatic carbocycles. The van der Waals surface area contributed by atoms with E-state index in [0.29, 0.717) is 11.8 Å². The van der Waals surface area contributed by atoms with E-state index < -0.39 is 6.10 Å². The molecule has 0 aliphatic carbocycles. The third-order valence-corrected chi connectivity index (χ3v) is 4.44. The first-order valence-corrected chi connectivity index (χ1v) is 6.72. The van der Waals surface area contributed by atoms with Crippen molar-refractivity contribution in [2.45, 2.75) is 38.7 Å². The zero-order chi connectivity index (χ0) is 12.5. The molecule has 1 unspecified atom stereocenters. The van der Waals surface area contributed by atoms with Crippen LogP contribution in [0.15, 0.2) is 0 Å². The highest BCUT2D eigenvalue weighted by atomic mass is 16.3. The van der Waals surface area contributed by atoms with Crippen molar-refractivity contribution in [3.8, 4) is 0 Å². The van der Waals surface area contributed by atoms with Crippen molar-refractivity contribution in [3.63, 3.8) is 0 Å². The van der Waals surface area contributed by atoms with Crippen molar-refractivity contribution in [2.24, 2.45) is 5.41 Å². The number of aliphatic hydroxyl groups excluding tert-OH is 1. The zero-order valence-corrected chi connectivity index (χ0v) is 11.0. The van der Waals surface area contributed by atoms with Crippen molar-refractivity contribution in [2.75, 3.05) is 33.2 Å². The van der Waals surface area contributed by atoms with Gasteiger partial charge in [-0.1, -0.05) is 6.92 Å². The van der Waals surface area contributed by atoms with Crippen LogP contribution in [0, 0.1) is 5.41 Å². The second-order valence-electron chi connectivity index (χ2n) is 5.74. The van der Waals surface area contributed by atoms with Crippen molar-refractivity contribution >= 4 is 5.91 Å². The number of aliphatic hydroxyl groups is 1. The first-order valence-electron chi connectivity index (χ1n) is 6.72. The van der Waals surface area contributed by atoms with Gasteiger partial charge in [0.1, 0.15) is 6.10 Å². The van der Waals surface area contributed by atoms with E-state index in [2.05, 4.69) is 11.9 Å². The second kappa shape index (κ2) is 4.94. The predicted octanol–water partition coefficient (Wildman–Crippen LogP) is 0.702. The average molecular weight is 240 g/mol. The van der Waals surface area contributed by atoms with Gasteiger partial charge in [0.05, 0.1) is 0 Å². The molecule has 0 saturated carbocycles. The maximum atomic E-state index is 11.9. The lowest BCUT2D eigenvalue weighted by molar-refractivity contribution is -0.142. The van der Waals surface area contributed by atoms with E-state index in [1.165, 1.54) is 19.5 Å². The molecule has 2 rings (SSSR count). The number of carbonyl (C=O) groups excluding carboxylic acids is 1. The molecule has 17 heavy (non-hydrogen) atoms. The van der Waals surface area contributed by atoms with Crippen LogP contribution in [-0.4, -0.2) is 60.1 Å².